The molecule has 2 amide bonds. The molecule has 5 nitrogen and oxygen atoms in total. The Bertz CT molecular complexity index is 895. The van der Waals surface area contributed by atoms with Crippen LogP contribution in [0, 0.1) is 0 Å². The number of ether oxygens (including phenoxy) is 1. The van der Waals surface area contributed by atoms with Crippen molar-refractivity contribution in [2.45, 2.75) is 13.1 Å². The van der Waals surface area contributed by atoms with Crippen LogP contribution in [0.2, 0.25) is 0 Å². The van der Waals surface area contributed by atoms with E-state index in [4.69, 9.17) is 4.74 Å². The van der Waals surface area contributed by atoms with Gasteiger partial charge in [0.2, 0.25) is 11.8 Å². The first-order valence-corrected chi connectivity index (χ1v) is 8.81. The highest BCUT2D eigenvalue weighted by Crippen LogP contribution is 2.34. The number of anilines is 1. The van der Waals surface area contributed by atoms with Crippen LogP contribution >= 0.6 is 0 Å². The molecule has 2 aromatic rings. The van der Waals surface area contributed by atoms with Gasteiger partial charge in [0, 0.05) is 12.6 Å². The maximum absolute atomic E-state index is 13.0. The molecule has 154 valence electrons. The van der Waals surface area contributed by atoms with E-state index in [0.717, 1.165) is 11.6 Å². The largest absolute Gasteiger partial charge is 0.497 e. The lowest BCUT2D eigenvalue weighted by molar-refractivity contribution is -0.137. The van der Waals surface area contributed by atoms with E-state index in [1.54, 1.807) is 37.3 Å². The second-order valence-corrected chi connectivity index (χ2v) is 6.05. The Hall–Kier alpha value is -3.29. The van der Waals surface area contributed by atoms with Crippen LogP contribution < -0.4 is 10.1 Å². The number of likely N-dealkylation sites (N-methyl/N-ethyl adjacent to an activating group) is 1. The average molecular weight is 406 g/mol. The van der Waals surface area contributed by atoms with Gasteiger partial charge in [-0.1, -0.05) is 24.3 Å². The molecule has 0 bridgehead atoms. The highest BCUT2D eigenvalue weighted by Gasteiger charge is 2.33. The van der Waals surface area contributed by atoms with Crippen molar-refractivity contribution in [2.75, 3.05) is 25.5 Å². The number of para-hydroxylation sites is 1. The molecular weight excluding hydrogens is 385 g/mol. The van der Waals surface area contributed by atoms with Gasteiger partial charge in [0.1, 0.15) is 12.3 Å². The Morgan fingerprint density at radius 1 is 1.14 bits per heavy atom. The van der Waals surface area contributed by atoms with E-state index in [1.807, 2.05) is 0 Å². The summed E-state index contributed by atoms with van der Waals surface area (Å²) in [5.74, 6) is -0.518. The summed E-state index contributed by atoms with van der Waals surface area (Å²) in [5.41, 5.74) is -0.557. The van der Waals surface area contributed by atoms with Crippen molar-refractivity contribution in [1.29, 1.82) is 0 Å². The number of nitrogens with one attached hydrogen (secondary N) is 1. The van der Waals surface area contributed by atoms with Crippen LogP contribution in [0.4, 0.5) is 18.9 Å². The summed E-state index contributed by atoms with van der Waals surface area (Å²) in [6.07, 6.45) is -1.72. The Kier molecular flexibility index (Phi) is 7.41. The fraction of sp³-hybridized carbons (Fsp3) is 0.238. The number of carbonyl (C=O) groups excluding carboxylic acids is 2. The number of halogens is 3. The number of rotatable bonds is 7. The second-order valence-electron chi connectivity index (χ2n) is 6.05. The van der Waals surface area contributed by atoms with Crippen molar-refractivity contribution in [2.24, 2.45) is 0 Å². The van der Waals surface area contributed by atoms with E-state index in [0.29, 0.717) is 5.75 Å². The zero-order valence-electron chi connectivity index (χ0n) is 16.0. The monoisotopic (exact) mass is 406 g/mol. The first kappa shape index (κ1) is 22.0. The van der Waals surface area contributed by atoms with Crippen molar-refractivity contribution >= 4 is 23.6 Å². The van der Waals surface area contributed by atoms with Crippen molar-refractivity contribution in [3.63, 3.8) is 0 Å². The maximum Gasteiger partial charge on any atom is 0.418 e. The van der Waals surface area contributed by atoms with E-state index in [1.165, 1.54) is 36.3 Å². The fourth-order valence-corrected chi connectivity index (χ4v) is 2.57. The van der Waals surface area contributed by atoms with Crippen molar-refractivity contribution < 1.29 is 27.5 Å². The molecule has 8 heteroatoms. The second kappa shape index (κ2) is 9.77. The molecular formula is C21H21F3N2O3. The Morgan fingerprint density at radius 2 is 1.86 bits per heavy atom. The van der Waals surface area contributed by atoms with Gasteiger partial charge >= 0.3 is 6.18 Å². The van der Waals surface area contributed by atoms with E-state index in [-0.39, 0.29) is 18.8 Å². The molecule has 0 unspecified atom stereocenters. The minimum atomic E-state index is -4.59. The molecule has 1 N–H and O–H groups in total. The summed E-state index contributed by atoms with van der Waals surface area (Å²) in [4.78, 5) is 25.8. The first-order valence-electron chi connectivity index (χ1n) is 8.81. The highest BCUT2D eigenvalue weighted by atomic mass is 19.4. The standard InChI is InChI=1S/C21H21F3N2O3/c1-3-26(20(28)12-11-15-7-6-8-16(13-15)29-2)14-19(27)25-18-10-5-4-9-17(18)21(22,23)24/h4-13H,3,14H2,1-2H3,(H,25,27)/b12-11+. The van der Waals surface area contributed by atoms with Gasteiger partial charge in [-0.15, -0.1) is 0 Å². The predicted octanol–water partition coefficient (Wildman–Crippen LogP) is 4.21. The predicted molar refractivity (Wildman–Crippen MR) is 104 cm³/mol. The lowest BCUT2D eigenvalue weighted by atomic mass is 10.1. The third-order valence-electron chi connectivity index (χ3n) is 4.05. The van der Waals surface area contributed by atoms with Gasteiger partial charge in [0.25, 0.3) is 0 Å². The summed E-state index contributed by atoms with van der Waals surface area (Å²) in [6.45, 7) is 1.52. The zero-order valence-corrected chi connectivity index (χ0v) is 16.0. The molecule has 0 fully saturated rings. The lowest BCUT2D eigenvalue weighted by Gasteiger charge is -2.19. The Morgan fingerprint density at radius 3 is 2.52 bits per heavy atom. The molecule has 2 rings (SSSR count). The van der Waals surface area contributed by atoms with E-state index >= 15 is 0 Å². The molecule has 2 aromatic carbocycles. The number of amides is 2. The quantitative estimate of drug-likeness (QED) is 0.701. The zero-order chi connectivity index (χ0) is 21.4. The van der Waals surface area contributed by atoms with Crippen LogP contribution in [0.25, 0.3) is 6.08 Å². The number of methoxy groups -OCH3 is 1. The first-order chi connectivity index (χ1) is 13.7. The summed E-state index contributed by atoms with van der Waals surface area (Å²) in [6, 6.07) is 11.7. The average Bonchev–Trinajstić information content (AvgIpc) is 2.70. The van der Waals surface area contributed by atoms with Crippen molar-refractivity contribution in [1.82, 2.24) is 4.90 Å². The van der Waals surface area contributed by atoms with Crippen LogP contribution in [0.3, 0.4) is 0 Å². The van der Waals surface area contributed by atoms with Crippen LogP contribution in [0.1, 0.15) is 18.1 Å². The third-order valence-corrected chi connectivity index (χ3v) is 4.05. The summed E-state index contributed by atoms with van der Waals surface area (Å²) < 4.78 is 44.2. The van der Waals surface area contributed by atoms with Gasteiger partial charge in [-0.2, -0.15) is 13.2 Å². The normalized spacial score (nSPS) is 11.3. The molecule has 29 heavy (non-hydrogen) atoms. The topological polar surface area (TPSA) is 58.6 Å². The Labute approximate surface area is 166 Å². The molecule has 0 radical (unpaired) electrons. The van der Waals surface area contributed by atoms with Gasteiger partial charge in [-0.05, 0) is 42.8 Å². The lowest BCUT2D eigenvalue weighted by Crippen LogP contribution is -2.37. The van der Waals surface area contributed by atoms with Gasteiger partial charge in [0.15, 0.2) is 0 Å². The Balaban J connectivity index is 2.04. The fourth-order valence-electron chi connectivity index (χ4n) is 2.57. The van der Waals surface area contributed by atoms with Crippen LogP contribution in [-0.4, -0.2) is 36.9 Å². The molecule has 0 aromatic heterocycles. The maximum atomic E-state index is 13.0. The SMILES string of the molecule is CCN(CC(=O)Nc1ccccc1C(F)(F)F)C(=O)/C=C/c1cccc(OC)c1. The van der Waals surface area contributed by atoms with E-state index < -0.39 is 23.6 Å². The number of hydrogen-bond donors (Lipinski definition) is 1. The highest BCUT2D eigenvalue weighted by molar-refractivity contribution is 5.98. The number of benzene rings is 2. The number of alkyl halides is 3. The molecule has 0 atom stereocenters. The molecule has 0 heterocycles. The number of carbonyl (C=O) groups is 2. The van der Waals surface area contributed by atoms with Gasteiger partial charge in [-0.3, -0.25) is 9.59 Å². The van der Waals surface area contributed by atoms with Gasteiger partial charge < -0.3 is 15.0 Å². The summed E-state index contributed by atoms with van der Waals surface area (Å²) in [7, 11) is 1.53. The molecule has 0 aliphatic carbocycles. The van der Waals surface area contributed by atoms with Crippen LogP contribution in [0.15, 0.2) is 54.6 Å². The van der Waals surface area contributed by atoms with E-state index in [2.05, 4.69) is 5.32 Å². The molecule has 0 aliphatic rings. The number of hydrogen-bond acceptors (Lipinski definition) is 3. The minimum absolute atomic E-state index is 0.218. The smallest absolute Gasteiger partial charge is 0.418 e. The van der Waals surface area contributed by atoms with Crippen molar-refractivity contribution in [3.8, 4) is 5.75 Å². The molecule has 0 saturated heterocycles. The molecule has 0 aliphatic heterocycles. The van der Waals surface area contributed by atoms with Gasteiger partial charge in [0.05, 0.1) is 18.4 Å². The minimum Gasteiger partial charge on any atom is -0.497 e. The van der Waals surface area contributed by atoms with Crippen LogP contribution in [-0.2, 0) is 15.8 Å². The third kappa shape index (κ3) is 6.38. The van der Waals surface area contributed by atoms with Crippen LogP contribution in [0.5, 0.6) is 5.75 Å². The molecule has 0 saturated carbocycles. The van der Waals surface area contributed by atoms with Gasteiger partial charge in [-0.25, -0.2) is 0 Å². The van der Waals surface area contributed by atoms with E-state index in [9.17, 15) is 22.8 Å². The molecule has 0 spiro atoms. The summed E-state index contributed by atoms with van der Waals surface area (Å²) >= 11 is 0. The number of nitrogens with zero attached hydrogens (tertiary/aromatic N) is 1. The summed E-state index contributed by atoms with van der Waals surface area (Å²) in [5, 5.41) is 2.23. The van der Waals surface area contributed by atoms with Crippen molar-refractivity contribution in [3.05, 3.63) is 65.7 Å².